The second kappa shape index (κ2) is 4.18. The molecule has 1 aliphatic rings. The monoisotopic (exact) mass is 159 g/mol. The Labute approximate surface area is 66.2 Å². The Balaban J connectivity index is 2.28. The van der Waals surface area contributed by atoms with Crippen LogP contribution in [-0.4, -0.2) is 39.1 Å². The molecule has 0 aromatic heterocycles. The Morgan fingerprint density at radius 3 is 3.18 bits per heavy atom. The van der Waals surface area contributed by atoms with Crippen molar-refractivity contribution in [3.8, 4) is 0 Å². The molecule has 0 bridgehead atoms. The van der Waals surface area contributed by atoms with Crippen LogP contribution in [0.25, 0.3) is 0 Å². The van der Waals surface area contributed by atoms with Crippen LogP contribution in [-0.2, 0) is 14.2 Å². The smallest absolute Gasteiger partial charge is 0.384 e. The first-order chi connectivity index (χ1) is 5.36. The van der Waals surface area contributed by atoms with Crippen LogP contribution in [0.5, 0.6) is 0 Å². The minimum absolute atomic E-state index is 0.113. The number of nitrogens with zero attached hydrogens (tertiary/aromatic N) is 1. The first kappa shape index (κ1) is 8.33. The van der Waals surface area contributed by atoms with Crippen LogP contribution < -0.4 is 0 Å². The van der Waals surface area contributed by atoms with E-state index in [0.29, 0.717) is 25.9 Å². The lowest BCUT2D eigenvalue weighted by molar-refractivity contribution is 0.152. The second-order valence-electron chi connectivity index (χ2n) is 2.25. The van der Waals surface area contributed by atoms with Gasteiger partial charge in [0.15, 0.2) is 0 Å². The summed E-state index contributed by atoms with van der Waals surface area (Å²) in [6, 6.07) is 0.113. The third kappa shape index (κ3) is 2.38. The fourth-order valence-electron chi connectivity index (χ4n) is 0.871. The fraction of sp³-hybridized carbons (Fsp3) is 0.857. The molecule has 11 heavy (non-hydrogen) atoms. The summed E-state index contributed by atoms with van der Waals surface area (Å²) in [4.78, 5) is 4.11. The van der Waals surface area contributed by atoms with Crippen molar-refractivity contribution in [3.05, 3.63) is 0 Å². The van der Waals surface area contributed by atoms with E-state index in [-0.39, 0.29) is 6.04 Å². The molecule has 1 rings (SSSR count). The van der Waals surface area contributed by atoms with Crippen LogP contribution in [0.3, 0.4) is 0 Å². The maximum atomic E-state index is 5.11. The maximum absolute atomic E-state index is 5.11. The molecule has 0 aromatic carbocycles. The summed E-state index contributed by atoms with van der Waals surface area (Å²) < 4.78 is 15.1. The minimum atomic E-state index is 0.113. The molecule has 0 aliphatic carbocycles. The largest absolute Gasteiger partial charge is 0.451 e. The molecule has 1 aliphatic heterocycles. The molecule has 4 heteroatoms. The zero-order valence-corrected chi connectivity index (χ0v) is 6.87. The van der Waals surface area contributed by atoms with Gasteiger partial charge in [0.05, 0.1) is 13.2 Å². The molecule has 4 nitrogen and oxygen atoms in total. The fourth-order valence-corrected chi connectivity index (χ4v) is 0.871. The molecule has 0 fully saturated rings. The van der Waals surface area contributed by atoms with Crippen molar-refractivity contribution in [1.29, 1.82) is 0 Å². The van der Waals surface area contributed by atoms with E-state index in [4.69, 9.17) is 14.2 Å². The van der Waals surface area contributed by atoms with E-state index in [9.17, 15) is 0 Å². The lowest BCUT2D eigenvalue weighted by atomic mass is 10.4. The number of methoxy groups -OCH3 is 1. The van der Waals surface area contributed by atoms with E-state index in [2.05, 4.69) is 4.99 Å². The summed E-state index contributed by atoms with van der Waals surface area (Å²) in [6.07, 6.45) is 0.398. The van der Waals surface area contributed by atoms with Gasteiger partial charge in [-0.05, 0) is 6.92 Å². The first-order valence-electron chi connectivity index (χ1n) is 3.69. The third-order valence-corrected chi connectivity index (χ3v) is 1.31. The van der Waals surface area contributed by atoms with Gasteiger partial charge in [-0.3, -0.25) is 0 Å². The van der Waals surface area contributed by atoms with E-state index >= 15 is 0 Å². The van der Waals surface area contributed by atoms with Gasteiger partial charge in [0, 0.05) is 7.11 Å². The lowest BCUT2D eigenvalue weighted by Crippen LogP contribution is -2.12. The van der Waals surface area contributed by atoms with Crippen LogP contribution in [0.1, 0.15) is 6.92 Å². The molecule has 0 amide bonds. The zero-order valence-electron chi connectivity index (χ0n) is 6.87. The Hall–Kier alpha value is -0.770. The summed E-state index contributed by atoms with van der Waals surface area (Å²) in [5, 5.41) is 0. The SMILES string of the molecule is CCOC1=N[C@H](COC)CO1. The van der Waals surface area contributed by atoms with Crippen LogP contribution >= 0.6 is 0 Å². The summed E-state index contributed by atoms with van der Waals surface area (Å²) >= 11 is 0. The summed E-state index contributed by atoms with van der Waals surface area (Å²) in [5.41, 5.74) is 0. The van der Waals surface area contributed by atoms with Gasteiger partial charge in [0.2, 0.25) is 0 Å². The van der Waals surface area contributed by atoms with Gasteiger partial charge in [-0.2, -0.15) is 0 Å². The average Bonchev–Trinajstić information content (AvgIpc) is 2.38. The number of rotatable bonds is 3. The van der Waals surface area contributed by atoms with Crippen molar-refractivity contribution in [2.45, 2.75) is 13.0 Å². The Kier molecular flexibility index (Phi) is 3.16. The van der Waals surface area contributed by atoms with Gasteiger partial charge in [0.25, 0.3) is 0 Å². The highest BCUT2D eigenvalue weighted by atomic mass is 16.7. The Morgan fingerprint density at radius 2 is 2.55 bits per heavy atom. The summed E-state index contributed by atoms with van der Waals surface area (Å²) in [5.74, 6) is 0. The van der Waals surface area contributed by atoms with Crippen molar-refractivity contribution < 1.29 is 14.2 Å². The second-order valence-corrected chi connectivity index (χ2v) is 2.25. The number of aliphatic imine (C=N–C) groups is 1. The van der Waals surface area contributed by atoms with E-state index in [1.165, 1.54) is 0 Å². The quantitative estimate of drug-likeness (QED) is 0.599. The molecule has 0 saturated heterocycles. The Morgan fingerprint density at radius 1 is 1.73 bits per heavy atom. The van der Waals surface area contributed by atoms with Crippen molar-refractivity contribution in [1.82, 2.24) is 0 Å². The summed E-state index contributed by atoms with van der Waals surface area (Å²) in [7, 11) is 1.65. The van der Waals surface area contributed by atoms with E-state index < -0.39 is 0 Å². The Bertz CT molecular complexity index is 147. The molecule has 0 N–H and O–H groups in total. The summed E-state index contributed by atoms with van der Waals surface area (Å²) in [6.45, 7) is 3.66. The molecule has 64 valence electrons. The van der Waals surface area contributed by atoms with Gasteiger partial charge < -0.3 is 14.2 Å². The molecule has 0 radical (unpaired) electrons. The predicted molar refractivity (Wildman–Crippen MR) is 40.7 cm³/mol. The van der Waals surface area contributed by atoms with Crippen LogP contribution in [0.15, 0.2) is 4.99 Å². The number of hydrogen-bond acceptors (Lipinski definition) is 4. The normalized spacial score (nSPS) is 22.7. The number of ether oxygens (including phenoxy) is 3. The van der Waals surface area contributed by atoms with Gasteiger partial charge in [-0.15, -0.1) is 0 Å². The highest BCUT2D eigenvalue weighted by molar-refractivity contribution is 5.68. The maximum Gasteiger partial charge on any atom is 0.384 e. The van der Waals surface area contributed by atoms with E-state index in [0.717, 1.165) is 0 Å². The van der Waals surface area contributed by atoms with Crippen molar-refractivity contribution >= 4 is 6.08 Å². The van der Waals surface area contributed by atoms with Gasteiger partial charge >= 0.3 is 6.08 Å². The molecule has 0 unspecified atom stereocenters. The molecular weight excluding hydrogens is 146 g/mol. The average molecular weight is 159 g/mol. The van der Waals surface area contributed by atoms with E-state index in [1.54, 1.807) is 7.11 Å². The minimum Gasteiger partial charge on any atom is -0.451 e. The molecule has 0 saturated carbocycles. The third-order valence-electron chi connectivity index (χ3n) is 1.31. The number of hydrogen-bond donors (Lipinski definition) is 0. The van der Waals surface area contributed by atoms with Crippen molar-refractivity contribution in [2.75, 3.05) is 26.9 Å². The topological polar surface area (TPSA) is 40.0 Å². The van der Waals surface area contributed by atoms with Crippen LogP contribution in [0.4, 0.5) is 0 Å². The molecule has 1 atom stereocenters. The van der Waals surface area contributed by atoms with Crippen LogP contribution in [0.2, 0.25) is 0 Å². The predicted octanol–water partition coefficient (Wildman–Crippen LogP) is 0.424. The van der Waals surface area contributed by atoms with Crippen molar-refractivity contribution in [2.24, 2.45) is 4.99 Å². The van der Waals surface area contributed by atoms with E-state index in [1.807, 2.05) is 6.92 Å². The van der Waals surface area contributed by atoms with Gasteiger partial charge in [-0.25, -0.2) is 4.99 Å². The molecule has 1 heterocycles. The zero-order chi connectivity index (χ0) is 8.10. The highest BCUT2D eigenvalue weighted by Gasteiger charge is 2.18. The van der Waals surface area contributed by atoms with Crippen LogP contribution in [0, 0.1) is 0 Å². The highest BCUT2D eigenvalue weighted by Crippen LogP contribution is 2.05. The lowest BCUT2D eigenvalue weighted by Gasteiger charge is -2.00. The molecular formula is C7H13NO3. The standard InChI is InChI=1S/C7H13NO3/c1-3-10-7-8-6(4-9-2)5-11-7/h6H,3-5H2,1-2H3/t6-/m1/s1. The van der Waals surface area contributed by atoms with Gasteiger partial charge in [-0.1, -0.05) is 0 Å². The molecule has 0 spiro atoms. The first-order valence-corrected chi connectivity index (χ1v) is 3.69. The molecule has 0 aromatic rings. The van der Waals surface area contributed by atoms with Gasteiger partial charge in [0.1, 0.15) is 12.6 Å². The van der Waals surface area contributed by atoms with Crippen molar-refractivity contribution in [3.63, 3.8) is 0 Å².